The van der Waals surface area contributed by atoms with Gasteiger partial charge >= 0.3 is 0 Å². The molecule has 0 aromatic carbocycles. The fourth-order valence-corrected chi connectivity index (χ4v) is 2.49. The summed E-state index contributed by atoms with van der Waals surface area (Å²) in [6.45, 7) is 1.56. The summed E-state index contributed by atoms with van der Waals surface area (Å²) in [6, 6.07) is 5.84. The molecule has 0 bridgehead atoms. The maximum absolute atomic E-state index is 11.9. The summed E-state index contributed by atoms with van der Waals surface area (Å²) in [4.78, 5) is 4.15. The SMILES string of the molecule is CCS(=O)(=O)c1cccnc1-c1ccc(O)nn1. The highest BCUT2D eigenvalue weighted by Crippen LogP contribution is 2.24. The molecule has 2 aromatic rings. The third-order valence-corrected chi connectivity index (χ3v) is 4.14. The molecule has 0 aliphatic rings. The van der Waals surface area contributed by atoms with Gasteiger partial charge in [-0.05, 0) is 18.2 Å². The molecule has 0 aliphatic carbocycles. The molecule has 0 saturated carbocycles. The molecule has 2 rings (SSSR count). The van der Waals surface area contributed by atoms with Crippen LogP contribution in [0.1, 0.15) is 6.92 Å². The molecule has 0 radical (unpaired) electrons. The molecule has 1 N–H and O–H groups in total. The first-order valence-electron chi connectivity index (χ1n) is 5.25. The molecule has 0 aliphatic heterocycles. The standard InChI is InChI=1S/C11H11N3O3S/c1-2-18(16,17)9-4-3-7-12-11(9)8-5-6-10(15)14-13-8/h3-7H,2H2,1H3,(H,14,15). The summed E-state index contributed by atoms with van der Waals surface area (Å²) in [6.07, 6.45) is 1.48. The highest BCUT2D eigenvalue weighted by atomic mass is 32.2. The minimum atomic E-state index is -3.38. The van der Waals surface area contributed by atoms with Crippen LogP contribution in [0.15, 0.2) is 35.4 Å². The van der Waals surface area contributed by atoms with Gasteiger partial charge in [0.2, 0.25) is 5.88 Å². The average Bonchev–Trinajstić information content (AvgIpc) is 2.40. The van der Waals surface area contributed by atoms with E-state index in [1.54, 1.807) is 13.0 Å². The van der Waals surface area contributed by atoms with Crippen LogP contribution in [0.3, 0.4) is 0 Å². The van der Waals surface area contributed by atoms with Crippen molar-refractivity contribution in [3.63, 3.8) is 0 Å². The van der Waals surface area contributed by atoms with Crippen LogP contribution >= 0.6 is 0 Å². The van der Waals surface area contributed by atoms with Crippen molar-refractivity contribution in [3.8, 4) is 17.3 Å². The smallest absolute Gasteiger partial charge is 0.230 e. The third-order valence-electron chi connectivity index (χ3n) is 2.38. The normalized spacial score (nSPS) is 11.4. The van der Waals surface area contributed by atoms with Crippen molar-refractivity contribution in [1.29, 1.82) is 0 Å². The number of rotatable bonds is 3. The molecule has 0 spiro atoms. The van der Waals surface area contributed by atoms with Gasteiger partial charge in [-0.1, -0.05) is 6.92 Å². The summed E-state index contributed by atoms with van der Waals surface area (Å²) >= 11 is 0. The molecule has 18 heavy (non-hydrogen) atoms. The van der Waals surface area contributed by atoms with Crippen LogP contribution in [-0.2, 0) is 9.84 Å². The monoisotopic (exact) mass is 265 g/mol. The second-order valence-corrected chi connectivity index (χ2v) is 5.78. The van der Waals surface area contributed by atoms with Crippen LogP contribution < -0.4 is 0 Å². The Kier molecular flexibility index (Phi) is 3.24. The number of nitrogens with zero attached hydrogens (tertiary/aromatic N) is 3. The van der Waals surface area contributed by atoms with E-state index >= 15 is 0 Å². The minimum absolute atomic E-state index is 0.0167. The summed E-state index contributed by atoms with van der Waals surface area (Å²) in [5.41, 5.74) is 0.548. The van der Waals surface area contributed by atoms with Gasteiger partial charge in [-0.2, -0.15) is 0 Å². The highest BCUT2D eigenvalue weighted by molar-refractivity contribution is 7.91. The fourth-order valence-electron chi connectivity index (χ4n) is 1.44. The number of hydrogen-bond acceptors (Lipinski definition) is 6. The van der Waals surface area contributed by atoms with Crippen LogP contribution in [0.4, 0.5) is 0 Å². The highest BCUT2D eigenvalue weighted by Gasteiger charge is 2.19. The quantitative estimate of drug-likeness (QED) is 0.891. The van der Waals surface area contributed by atoms with E-state index in [0.29, 0.717) is 5.69 Å². The molecule has 2 aromatic heterocycles. The zero-order chi connectivity index (χ0) is 13.2. The van der Waals surface area contributed by atoms with E-state index < -0.39 is 9.84 Å². The Bertz CT molecular complexity index is 653. The van der Waals surface area contributed by atoms with Crippen LogP contribution in [-0.4, -0.2) is 34.5 Å². The summed E-state index contributed by atoms with van der Waals surface area (Å²) in [7, 11) is -3.38. The van der Waals surface area contributed by atoms with Gasteiger partial charge in [-0.15, -0.1) is 10.2 Å². The van der Waals surface area contributed by atoms with E-state index in [1.165, 1.54) is 24.4 Å². The summed E-state index contributed by atoms with van der Waals surface area (Å²) < 4.78 is 23.8. The summed E-state index contributed by atoms with van der Waals surface area (Å²) in [5.74, 6) is -0.244. The van der Waals surface area contributed by atoms with Crippen molar-refractivity contribution in [1.82, 2.24) is 15.2 Å². The zero-order valence-electron chi connectivity index (χ0n) is 9.61. The lowest BCUT2D eigenvalue weighted by atomic mass is 10.2. The van der Waals surface area contributed by atoms with E-state index in [4.69, 9.17) is 5.11 Å². The Morgan fingerprint density at radius 3 is 2.61 bits per heavy atom. The van der Waals surface area contributed by atoms with Crippen LogP contribution in [0.2, 0.25) is 0 Å². The Morgan fingerprint density at radius 2 is 2.00 bits per heavy atom. The molecule has 2 heterocycles. The topological polar surface area (TPSA) is 93.0 Å². The van der Waals surface area contributed by atoms with Gasteiger partial charge in [0.1, 0.15) is 11.4 Å². The fraction of sp³-hybridized carbons (Fsp3) is 0.182. The van der Waals surface area contributed by atoms with Crippen molar-refractivity contribution in [2.24, 2.45) is 0 Å². The lowest BCUT2D eigenvalue weighted by molar-refractivity contribution is 0.445. The molecular formula is C11H11N3O3S. The maximum Gasteiger partial charge on any atom is 0.230 e. The predicted octanol–water partition coefficient (Wildman–Crippen LogP) is 1.04. The van der Waals surface area contributed by atoms with Gasteiger partial charge in [0.25, 0.3) is 0 Å². The van der Waals surface area contributed by atoms with Crippen LogP contribution in [0.5, 0.6) is 5.88 Å². The molecule has 6 nitrogen and oxygen atoms in total. The molecule has 0 amide bonds. The predicted molar refractivity (Wildman–Crippen MR) is 64.7 cm³/mol. The van der Waals surface area contributed by atoms with Crippen molar-refractivity contribution >= 4 is 9.84 Å². The lowest BCUT2D eigenvalue weighted by Crippen LogP contribution is -2.07. The average molecular weight is 265 g/mol. The minimum Gasteiger partial charge on any atom is -0.492 e. The molecule has 0 unspecified atom stereocenters. The van der Waals surface area contributed by atoms with Gasteiger partial charge in [0, 0.05) is 12.3 Å². The van der Waals surface area contributed by atoms with Crippen LogP contribution in [0.25, 0.3) is 11.4 Å². The van der Waals surface area contributed by atoms with Gasteiger partial charge in [-0.25, -0.2) is 8.42 Å². The molecule has 0 fully saturated rings. The van der Waals surface area contributed by atoms with Gasteiger partial charge in [0.05, 0.1) is 10.6 Å². The van der Waals surface area contributed by atoms with Gasteiger partial charge < -0.3 is 5.11 Å². The van der Waals surface area contributed by atoms with Crippen molar-refractivity contribution in [2.75, 3.05) is 5.75 Å². The third kappa shape index (κ3) is 2.30. The lowest BCUT2D eigenvalue weighted by Gasteiger charge is -2.06. The van der Waals surface area contributed by atoms with Crippen molar-refractivity contribution in [2.45, 2.75) is 11.8 Å². The van der Waals surface area contributed by atoms with E-state index in [0.717, 1.165) is 0 Å². The Morgan fingerprint density at radius 1 is 1.22 bits per heavy atom. The number of hydrogen-bond donors (Lipinski definition) is 1. The van der Waals surface area contributed by atoms with Crippen molar-refractivity contribution in [3.05, 3.63) is 30.5 Å². The molecular weight excluding hydrogens is 254 g/mol. The molecule has 0 atom stereocenters. The van der Waals surface area contributed by atoms with E-state index in [-0.39, 0.29) is 22.2 Å². The number of sulfone groups is 1. The Balaban J connectivity index is 2.62. The first-order chi connectivity index (χ1) is 8.54. The zero-order valence-corrected chi connectivity index (χ0v) is 10.4. The Labute approximate surface area is 104 Å². The molecule has 94 valence electrons. The molecule has 0 saturated heterocycles. The maximum atomic E-state index is 11.9. The van der Waals surface area contributed by atoms with Crippen molar-refractivity contribution < 1.29 is 13.5 Å². The number of pyridine rings is 1. The largest absolute Gasteiger partial charge is 0.492 e. The van der Waals surface area contributed by atoms with Gasteiger partial charge in [-0.3, -0.25) is 4.98 Å². The Hall–Kier alpha value is -2.02. The second kappa shape index (κ2) is 4.69. The first-order valence-corrected chi connectivity index (χ1v) is 6.90. The number of aromatic hydroxyl groups is 1. The first kappa shape index (κ1) is 12.4. The summed E-state index contributed by atoms with van der Waals surface area (Å²) in [5, 5.41) is 16.3. The van der Waals surface area contributed by atoms with Gasteiger partial charge in [0.15, 0.2) is 9.84 Å². The van der Waals surface area contributed by atoms with Crippen LogP contribution in [0, 0.1) is 0 Å². The second-order valence-electron chi connectivity index (χ2n) is 3.53. The van der Waals surface area contributed by atoms with E-state index in [2.05, 4.69) is 15.2 Å². The molecule has 7 heteroatoms. The number of aromatic nitrogens is 3. The van der Waals surface area contributed by atoms with E-state index in [9.17, 15) is 8.42 Å². The van der Waals surface area contributed by atoms with E-state index in [1.807, 2.05) is 0 Å².